The molecule has 0 spiro atoms. The average Bonchev–Trinajstić information content (AvgIpc) is 3.07. The number of hydrogen-bond acceptors (Lipinski definition) is 5. The largest absolute Gasteiger partial charge is 0.364 e. The summed E-state index contributed by atoms with van der Waals surface area (Å²) in [5, 5.41) is 9.02. The van der Waals surface area contributed by atoms with Crippen molar-refractivity contribution >= 4 is 29.0 Å². The summed E-state index contributed by atoms with van der Waals surface area (Å²) in [5.41, 5.74) is 0.843. The third kappa shape index (κ3) is 4.89. The fraction of sp³-hybridized carbons (Fsp3) is 0.467. The summed E-state index contributed by atoms with van der Waals surface area (Å²) in [7, 11) is 0. The van der Waals surface area contributed by atoms with Gasteiger partial charge in [0.15, 0.2) is 0 Å². The van der Waals surface area contributed by atoms with Crippen LogP contribution in [-0.4, -0.2) is 16.8 Å². The second-order valence-corrected chi connectivity index (χ2v) is 7.83. The minimum Gasteiger partial charge on any atom is -0.364 e. The molecule has 6 heteroatoms. The SMILES string of the molecule is CC(C)(C)C(NC(=O)CSCc1ccon1)c1cccs1. The first-order valence-corrected chi connectivity index (χ1v) is 8.80. The van der Waals surface area contributed by atoms with E-state index in [0.29, 0.717) is 11.5 Å². The first-order chi connectivity index (χ1) is 9.97. The summed E-state index contributed by atoms with van der Waals surface area (Å²) < 4.78 is 4.77. The second kappa shape index (κ2) is 7.13. The monoisotopic (exact) mass is 324 g/mol. The zero-order valence-electron chi connectivity index (χ0n) is 12.5. The van der Waals surface area contributed by atoms with E-state index in [9.17, 15) is 4.79 Å². The summed E-state index contributed by atoms with van der Waals surface area (Å²) >= 11 is 3.22. The van der Waals surface area contributed by atoms with Gasteiger partial charge in [0.05, 0.1) is 17.5 Å². The van der Waals surface area contributed by atoms with Gasteiger partial charge in [-0.15, -0.1) is 23.1 Å². The molecule has 0 aliphatic carbocycles. The van der Waals surface area contributed by atoms with Crippen molar-refractivity contribution in [1.29, 1.82) is 0 Å². The number of rotatable bonds is 6. The Kier molecular flexibility index (Phi) is 5.47. The number of thioether (sulfide) groups is 1. The number of amides is 1. The van der Waals surface area contributed by atoms with Gasteiger partial charge in [-0.3, -0.25) is 4.79 Å². The molecule has 0 fully saturated rings. The van der Waals surface area contributed by atoms with Crippen LogP contribution in [0.25, 0.3) is 0 Å². The highest BCUT2D eigenvalue weighted by Gasteiger charge is 2.28. The molecule has 0 saturated carbocycles. The maximum absolute atomic E-state index is 12.2. The molecule has 0 aromatic carbocycles. The number of thiophene rings is 1. The Balaban J connectivity index is 1.87. The maximum Gasteiger partial charge on any atom is 0.230 e. The van der Waals surface area contributed by atoms with Crippen molar-refractivity contribution in [3.63, 3.8) is 0 Å². The number of carbonyl (C=O) groups is 1. The van der Waals surface area contributed by atoms with E-state index in [1.807, 2.05) is 17.5 Å². The van der Waals surface area contributed by atoms with Gasteiger partial charge in [0.25, 0.3) is 0 Å². The van der Waals surface area contributed by atoms with Crippen LogP contribution in [0.5, 0.6) is 0 Å². The van der Waals surface area contributed by atoms with Crippen LogP contribution < -0.4 is 5.32 Å². The van der Waals surface area contributed by atoms with Gasteiger partial charge in [0.1, 0.15) is 6.26 Å². The first-order valence-electron chi connectivity index (χ1n) is 6.76. The van der Waals surface area contributed by atoms with Crippen molar-refractivity contribution in [2.75, 3.05) is 5.75 Å². The molecule has 2 aromatic rings. The number of aromatic nitrogens is 1. The molecule has 1 amide bonds. The minimum absolute atomic E-state index is 0.0166. The van der Waals surface area contributed by atoms with Gasteiger partial charge in [0.2, 0.25) is 5.91 Å². The lowest BCUT2D eigenvalue weighted by atomic mass is 9.86. The van der Waals surface area contributed by atoms with E-state index >= 15 is 0 Å². The van der Waals surface area contributed by atoms with Gasteiger partial charge < -0.3 is 9.84 Å². The van der Waals surface area contributed by atoms with E-state index in [1.54, 1.807) is 17.6 Å². The Hall–Kier alpha value is -1.27. The van der Waals surface area contributed by atoms with Gasteiger partial charge >= 0.3 is 0 Å². The number of nitrogens with zero attached hydrogens (tertiary/aromatic N) is 1. The van der Waals surface area contributed by atoms with Gasteiger partial charge in [0, 0.05) is 16.7 Å². The third-order valence-electron chi connectivity index (χ3n) is 2.97. The van der Waals surface area contributed by atoms with E-state index in [-0.39, 0.29) is 17.4 Å². The van der Waals surface area contributed by atoms with Gasteiger partial charge in [-0.1, -0.05) is 32.0 Å². The van der Waals surface area contributed by atoms with E-state index in [0.717, 1.165) is 5.69 Å². The van der Waals surface area contributed by atoms with Crippen molar-refractivity contribution in [3.05, 3.63) is 40.4 Å². The van der Waals surface area contributed by atoms with Crippen LogP contribution in [0.2, 0.25) is 0 Å². The highest BCUT2D eigenvalue weighted by Crippen LogP contribution is 2.35. The number of hydrogen-bond donors (Lipinski definition) is 1. The fourth-order valence-electron chi connectivity index (χ4n) is 1.93. The minimum atomic E-state index is -0.0166. The van der Waals surface area contributed by atoms with Crippen LogP contribution in [0.3, 0.4) is 0 Å². The topological polar surface area (TPSA) is 55.1 Å². The molecule has 114 valence electrons. The fourth-order valence-corrected chi connectivity index (χ4v) is 3.68. The van der Waals surface area contributed by atoms with E-state index in [4.69, 9.17) is 4.52 Å². The third-order valence-corrected chi connectivity index (χ3v) is 4.88. The van der Waals surface area contributed by atoms with Crippen LogP contribution in [-0.2, 0) is 10.5 Å². The van der Waals surface area contributed by atoms with E-state index < -0.39 is 0 Å². The van der Waals surface area contributed by atoms with Crippen LogP contribution >= 0.6 is 23.1 Å². The Morgan fingerprint density at radius 1 is 1.48 bits per heavy atom. The molecular formula is C15H20N2O2S2. The molecule has 0 saturated heterocycles. The molecule has 2 heterocycles. The number of nitrogens with one attached hydrogen (secondary N) is 1. The van der Waals surface area contributed by atoms with Crippen LogP contribution in [0, 0.1) is 5.41 Å². The van der Waals surface area contributed by atoms with Crippen LogP contribution in [0.15, 0.2) is 34.4 Å². The van der Waals surface area contributed by atoms with Crippen molar-refractivity contribution < 1.29 is 9.32 Å². The molecule has 1 unspecified atom stereocenters. The van der Waals surface area contributed by atoms with Gasteiger partial charge in [-0.05, 0) is 16.9 Å². The smallest absolute Gasteiger partial charge is 0.230 e. The summed E-state index contributed by atoms with van der Waals surface area (Å²) in [6, 6.07) is 5.94. The normalized spacial score (nSPS) is 13.1. The van der Waals surface area contributed by atoms with E-state index in [1.165, 1.54) is 16.6 Å². The Morgan fingerprint density at radius 3 is 2.86 bits per heavy atom. The molecule has 1 N–H and O–H groups in total. The van der Waals surface area contributed by atoms with Crippen molar-refractivity contribution in [3.8, 4) is 0 Å². The molecule has 1 atom stereocenters. The standard InChI is InChI=1S/C15H20N2O2S2/c1-15(2,3)14(12-5-4-8-21-12)16-13(18)10-20-9-11-6-7-19-17-11/h4-8,14H,9-10H2,1-3H3,(H,16,18). The molecule has 4 nitrogen and oxygen atoms in total. The highest BCUT2D eigenvalue weighted by atomic mass is 32.2. The summed E-state index contributed by atoms with van der Waals surface area (Å²) in [4.78, 5) is 13.3. The average molecular weight is 324 g/mol. The summed E-state index contributed by atoms with van der Waals surface area (Å²) in [6.07, 6.45) is 1.54. The Morgan fingerprint density at radius 2 is 2.29 bits per heavy atom. The summed E-state index contributed by atoms with van der Waals surface area (Å²) in [5.74, 6) is 1.16. The molecule has 2 aromatic heterocycles. The van der Waals surface area contributed by atoms with Gasteiger partial charge in [-0.25, -0.2) is 0 Å². The Labute approximate surface area is 133 Å². The quantitative estimate of drug-likeness (QED) is 0.876. The predicted octanol–water partition coefficient (Wildman–Crippen LogP) is 3.87. The van der Waals surface area contributed by atoms with Crippen molar-refractivity contribution in [2.24, 2.45) is 5.41 Å². The molecular weight excluding hydrogens is 304 g/mol. The Bertz CT molecular complexity index is 545. The lowest BCUT2D eigenvalue weighted by Gasteiger charge is -2.30. The zero-order chi connectivity index (χ0) is 15.3. The molecule has 0 radical (unpaired) electrons. The van der Waals surface area contributed by atoms with E-state index in [2.05, 4.69) is 37.3 Å². The lowest BCUT2D eigenvalue weighted by molar-refractivity contribution is -0.120. The zero-order valence-corrected chi connectivity index (χ0v) is 14.1. The highest BCUT2D eigenvalue weighted by molar-refractivity contribution is 7.99. The molecule has 0 aliphatic heterocycles. The molecule has 21 heavy (non-hydrogen) atoms. The van der Waals surface area contributed by atoms with Crippen molar-refractivity contribution in [1.82, 2.24) is 10.5 Å². The molecule has 2 rings (SSSR count). The van der Waals surface area contributed by atoms with Crippen LogP contribution in [0.1, 0.15) is 37.4 Å². The maximum atomic E-state index is 12.2. The molecule has 0 bridgehead atoms. The second-order valence-electron chi connectivity index (χ2n) is 5.87. The first kappa shape index (κ1) is 16.1. The van der Waals surface area contributed by atoms with Crippen LogP contribution in [0.4, 0.5) is 0 Å². The van der Waals surface area contributed by atoms with Gasteiger partial charge in [-0.2, -0.15) is 0 Å². The predicted molar refractivity (Wildman–Crippen MR) is 87.3 cm³/mol. The molecule has 0 aliphatic rings. The lowest BCUT2D eigenvalue weighted by Crippen LogP contribution is -2.37. The van der Waals surface area contributed by atoms with Crippen molar-refractivity contribution in [2.45, 2.75) is 32.6 Å². The summed E-state index contributed by atoms with van der Waals surface area (Å²) in [6.45, 7) is 6.42. The number of carbonyl (C=O) groups excluding carboxylic acids is 1.